The lowest BCUT2D eigenvalue weighted by Crippen LogP contribution is -2.25. The molecule has 4 nitrogen and oxygen atoms in total. The van der Waals surface area contributed by atoms with Crippen molar-refractivity contribution in [3.05, 3.63) is 28.8 Å². The average Bonchev–Trinajstić information content (AvgIpc) is 2.37. The Labute approximate surface area is 119 Å². The molecule has 0 radical (unpaired) electrons. The molecule has 0 aliphatic carbocycles. The lowest BCUT2D eigenvalue weighted by atomic mass is 10.2. The molecule has 1 aromatic rings. The third kappa shape index (κ3) is 5.78. The van der Waals surface area contributed by atoms with Crippen molar-refractivity contribution >= 4 is 11.6 Å². The molecule has 0 spiro atoms. The second-order valence-electron chi connectivity index (χ2n) is 4.59. The summed E-state index contributed by atoms with van der Waals surface area (Å²) in [5.74, 6) is 0.686. The van der Waals surface area contributed by atoms with Crippen LogP contribution in [-0.4, -0.2) is 37.6 Å². The van der Waals surface area contributed by atoms with Crippen LogP contribution in [0.2, 0.25) is 5.02 Å². The fourth-order valence-corrected chi connectivity index (χ4v) is 1.79. The summed E-state index contributed by atoms with van der Waals surface area (Å²) in [5, 5.41) is 13.4. The molecule has 108 valence electrons. The number of hydrogen-bond donors (Lipinski definition) is 2. The zero-order chi connectivity index (χ0) is 14.3. The van der Waals surface area contributed by atoms with Gasteiger partial charge in [-0.1, -0.05) is 17.7 Å². The van der Waals surface area contributed by atoms with E-state index in [2.05, 4.69) is 5.32 Å². The van der Waals surface area contributed by atoms with E-state index in [1.165, 1.54) is 0 Å². The van der Waals surface area contributed by atoms with E-state index >= 15 is 0 Å². The van der Waals surface area contributed by atoms with Crippen molar-refractivity contribution in [2.75, 3.05) is 20.3 Å². The molecule has 5 heteroatoms. The summed E-state index contributed by atoms with van der Waals surface area (Å²) >= 11 is 6.12. The second-order valence-corrected chi connectivity index (χ2v) is 5.00. The van der Waals surface area contributed by atoms with Gasteiger partial charge in [0.1, 0.15) is 18.5 Å². The van der Waals surface area contributed by atoms with Crippen LogP contribution in [0.25, 0.3) is 0 Å². The summed E-state index contributed by atoms with van der Waals surface area (Å²) in [4.78, 5) is 0. The minimum Gasteiger partial charge on any atom is -0.490 e. The molecule has 1 rings (SSSR count). The molecule has 0 aromatic heterocycles. The van der Waals surface area contributed by atoms with E-state index in [4.69, 9.17) is 21.1 Å². The number of benzene rings is 1. The minimum absolute atomic E-state index is 0.0978. The molecule has 1 atom stereocenters. The maximum atomic E-state index is 9.75. The molecule has 19 heavy (non-hydrogen) atoms. The van der Waals surface area contributed by atoms with Crippen LogP contribution < -0.4 is 10.1 Å². The smallest absolute Gasteiger partial charge is 0.125 e. The third-order valence-corrected chi connectivity index (χ3v) is 2.84. The summed E-state index contributed by atoms with van der Waals surface area (Å²) in [7, 11) is 1.85. The summed E-state index contributed by atoms with van der Waals surface area (Å²) < 4.78 is 10.9. The van der Waals surface area contributed by atoms with Crippen molar-refractivity contribution in [1.82, 2.24) is 5.32 Å². The Morgan fingerprint density at radius 1 is 1.32 bits per heavy atom. The van der Waals surface area contributed by atoms with E-state index in [1.807, 2.05) is 39.1 Å². The zero-order valence-corrected chi connectivity index (χ0v) is 12.4. The normalized spacial score (nSPS) is 12.7. The lowest BCUT2D eigenvalue weighted by Gasteiger charge is -2.17. The maximum Gasteiger partial charge on any atom is 0.125 e. The molecule has 1 aromatic carbocycles. The van der Waals surface area contributed by atoms with Crippen molar-refractivity contribution in [2.45, 2.75) is 32.6 Å². The van der Waals surface area contributed by atoms with Gasteiger partial charge in [0.15, 0.2) is 0 Å². The number of halogens is 1. The van der Waals surface area contributed by atoms with Gasteiger partial charge >= 0.3 is 0 Å². The first kappa shape index (κ1) is 16.2. The van der Waals surface area contributed by atoms with Gasteiger partial charge in [0.05, 0.1) is 12.7 Å². The van der Waals surface area contributed by atoms with Gasteiger partial charge < -0.3 is 19.9 Å². The van der Waals surface area contributed by atoms with Crippen LogP contribution in [0.5, 0.6) is 5.75 Å². The highest BCUT2D eigenvalue weighted by atomic mass is 35.5. The summed E-state index contributed by atoms with van der Waals surface area (Å²) in [6, 6.07) is 5.49. The molecule has 0 bridgehead atoms. The summed E-state index contributed by atoms with van der Waals surface area (Å²) in [6.07, 6.45) is -0.551. The number of ether oxygens (including phenoxy) is 2. The molecule has 0 amide bonds. The van der Waals surface area contributed by atoms with Gasteiger partial charge in [-0.25, -0.2) is 0 Å². The van der Waals surface area contributed by atoms with Crippen molar-refractivity contribution in [1.29, 1.82) is 0 Å². The molecule has 0 heterocycles. The van der Waals surface area contributed by atoms with E-state index < -0.39 is 6.10 Å². The molecule has 0 saturated carbocycles. The lowest BCUT2D eigenvalue weighted by molar-refractivity contribution is -0.0124. The molecule has 0 aliphatic heterocycles. The molecule has 0 saturated heterocycles. The molecule has 0 fully saturated rings. The fourth-order valence-electron chi connectivity index (χ4n) is 1.56. The van der Waals surface area contributed by atoms with Gasteiger partial charge in [-0.3, -0.25) is 0 Å². The van der Waals surface area contributed by atoms with Crippen LogP contribution in [-0.2, 0) is 11.3 Å². The van der Waals surface area contributed by atoms with Crippen molar-refractivity contribution in [3.8, 4) is 5.75 Å². The first-order valence-corrected chi connectivity index (χ1v) is 6.76. The predicted octanol–water partition coefficient (Wildman–Crippen LogP) is 2.22. The molecular weight excluding hydrogens is 266 g/mol. The number of rotatable bonds is 8. The maximum absolute atomic E-state index is 9.75. The number of hydrogen-bond acceptors (Lipinski definition) is 4. The van der Waals surface area contributed by atoms with Gasteiger partial charge in [-0.05, 0) is 33.0 Å². The average molecular weight is 288 g/mol. The number of nitrogens with one attached hydrogen (secondary N) is 1. The van der Waals surface area contributed by atoms with Crippen molar-refractivity contribution in [2.24, 2.45) is 0 Å². The van der Waals surface area contributed by atoms with E-state index in [1.54, 1.807) is 0 Å². The minimum atomic E-state index is -0.649. The van der Waals surface area contributed by atoms with Crippen LogP contribution in [0.15, 0.2) is 18.2 Å². The molecule has 1 unspecified atom stereocenters. The van der Waals surface area contributed by atoms with Crippen LogP contribution in [0, 0.1) is 0 Å². The fraction of sp³-hybridized carbons (Fsp3) is 0.571. The topological polar surface area (TPSA) is 50.7 Å². The third-order valence-electron chi connectivity index (χ3n) is 2.48. The molecule has 2 N–H and O–H groups in total. The highest BCUT2D eigenvalue weighted by molar-refractivity contribution is 6.31. The summed E-state index contributed by atoms with van der Waals surface area (Å²) in [5.41, 5.74) is 0.892. The van der Waals surface area contributed by atoms with Crippen molar-refractivity contribution < 1.29 is 14.6 Å². The van der Waals surface area contributed by atoms with Gasteiger partial charge in [-0.15, -0.1) is 0 Å². The van der Waals surface area contributed by atoms with E-state index in [0.29, 0.717) is 17.3 Å². The van der Waals surface area contributed by atoms with Crippen LogP contribution in [0.4, 0.5) is 0 Å². The SMILES string of the molecule is CNCc1c(Cl)cccc1OCC(O)COC(C)C. The Morgan fingerprint density at radius 3 is 2.68 bits per heavy atom. The van der Waals surface area contributed by atoms with Gasteiger partial charge in [0.25, 0.3) is 0 Å². The Balaban J connectivity index is 2.54. The van der Waals surface area contributed by atoms with Gasteiger partial charge in [0, 0.05) is 17.1 Å². The molecular formula is C14H22ClNO3. The Morgan fingerprint density at radius 2 is 2.05 bits per heavy atom. The highest BCUT2D eigenvalue weighted by Gasteiger charge is 2.11. The number of aliphatic hydroxyl groups is 1. The zero-order valence-electron chi connectivity index (χ0n) is 11.6. The first-order valence-electron chi connectivity index (χ1n) is 6.39. The van der Waals surface area contributed by atoms with Gasteiger partial charge in [0.2, 0.25) is 0 Å². The largest absolute Gasteiger partial charge is 0.490 e. The van der Waals surface area contributed by atoms with Gasteiger partial charge in [-0.2, -0.15) is 0 Å². The molecule has 0 aliphatic rings. The summed E-state index contributed by atoms with van der Waals surface area (Å²) in [6.45, 7) is 4.92. The van der Waals surface area contributed by atoms with Crippen LogP contribution in [0.1, 0.15) is 19.4 Å². The Hall–Kier alpha value is -0.810. The monoisotopic (exact) mass is 287 g/mol. The predicted molar refractivity (Wildman–Crippen MR) is 76.8 cm³/mol. The quantitative estimate of drug-likeness (QED) is 0.770. The van der Waals surface area contributed by atoms with E-state index in [-0.39, 0.29) is 19.3 Å². The first-order chi connectivity index (χ1) is 9.04. The van der Waals surface area contributed by atoms with Crippen molar-refractivity contribution in [3.63, 3.8) is 0 Å². The Bertz CT molecular complexity index is 385. The number of aliphatic hydroxyl groups excluding tert-OH is 1. The van der Waals surface area contributed by atoms with Crippen LogP contribution in [0.3, 0.4) is 0 Å². The van der Waals surface area contributed by atoms with E-state index in [0.717, 1.165) is 5.56 Å². The van der Waals surface area contributed by atoms with Crippen LogP contribution >= 0.6 is 11.6 Å². The highest BCUT2D eigenvalue weighted by Crippen LogP contribution is 2.26. The standard InChI is InChI=1S/C14H22ClNO3/c1-10(2)18-8-11(17)9-19-14-6-4-5-13(15)12(14)7-16-3/h4-6,10-11,16-17H,7-9H2,1-3H3. The Kier molecular flexibility index (Phi) is 7.16. The van der Waals surface area contributed by atoms with E-state index in [9.17, 15) is 5.11 Å². The second kappa shape index (κ2) is 8.38.